The van der Waals surface area contributed by atoms with Crippen LogP contribution in [0.2, 0.25) is 0 Å². The van der Waals surface area contributed by atoms with Crippen molar-refractivity contribution in [3.05, 3.63) is 41.5 Å². The molecule has 2 fully saturated rings. The van der Waals surface area contributed by atoms with Crippen LogP contribution in [0.3, 0.4) is 0 Å². The van der Waals surface area contributed by atoms with Crippen molar-refractivity contribution in [2.45, 2.75) is 44.9 Å². The third kappa shape index (κ3) is 4.15. The number of aromatic nitrogens is 1. The summed E-state index contributed by atoms with van der Waals surface area (Å²) in [6.07, 6.45) is 4.14. The van der Waals surface area contributed by atoms with Gasteiger partial charge in [0.25, 0.3) is 5.91 Å². The maximum absolute atomic E-state index is 13.3. The first-order valence-electron chi connectivity index (χ1n) is 10.2. The van der Waals surface area contributed by atoms with Gasteiger partial charge in [0, 0.05) is 29.4 Å². The molecule has 2 aliphatic rings. The molecule has 158 valence electrons. The Morgan fingerprint density at radius 2 is 2.20 bits per heavy atom. The summed E-state index contributed by atoms with van der Waals surface area (Å²) in [6, 6.07) is 4.48. The number of thiophene rings is 1. The fourth-order valence-corrected chi connectivity index (χ4v) is 4.83. The molecule has 2 amide bonds. The van der Waals surface area contributed by atoms with Gasteiger partial charge in [-0.25, -0.2) is 0 Å². The molecule has 4 rings (SSSR count). The average molecular weight is 428 g/mol. The third-order valence-electron chi connectivity index (χ3n) is 5.51. The van der Waals surface area contributed by atoms with Gasteiger partial charge in [0.15, 0.2) is 5.78 Å². The van der Waals surface area contributed by atoms with Crippen LogP contribution in [-0.2, 0) is 14.3 Å². The van der Waals surface area contributed by atoms with E-state index in [0.29, 0.717) is 24.9 Å². The molecular formula is C22H25N3O4S. The minimum absolute atomic E-state index is 0.0570. The second-order valence-electron chi connectivity index (χ2n) is 8.18. The highest BCUT2D eigenvalue weighted by atomic mass is 32.1. The van der Waals surface area contributed by atoms with Gasteiger partial charge in [-0.1, -0.05) is 19.9 Å². The summed E-state index contributed by atoms with van der Waals surface area (Å²) < 4.78 is 5.49. The molecule has 2 aliphatic heterocycles. The Labute approximate surface area is 179 Å². The van der Waals surface area contributed by atoms with Gasteiger partial charge >= 0.3 is 0 Å². The van der Waals surface area contributed by atoms with Gasteiger partial charge in [-0.2, -0.15) is 0 Å². The predicted molar refractivity (Wildman–Crippen MR) is 113 cm³/mol. The quantitative estimate of drug-likeness (QED) is 0.765. The number of likely N-dealkylation sites (tertiary alicyclic amines) is 1. The largest absolute Gasteiger partial charge is 0.368 e. The van der Waals surface area contributed by atoms with Crippen molar-refractivity contribution in [3.8, 4) is 10.4 Å². The molecule has 0 radical (unpaired) electrons. The number of amides is 2. The molecule has 7 nitrogen and oxygen atoms in total. The number of nitrogens with one attached hydrogen (secondary N) is 1. The van der Waals surface area contributed by atoms with Crippen molar-refractivity contribution in [3.63, 3.8) is 0 Å². The van der Waals surface area contributed by atoms with Crippen LogP contribution in [0.4, 0.5) is 0 Å². The third-order valence-corrected chi connectivity index (χ3v) is 6.43. The lowest BCUT2D eigenvalue weighted by Gasteiger charge is -2.28. The van der Waals surface area contributed by atoms with E-state index >= 15 is 0 Å². The van der Waals surface area contributed by atoms with Crippen LogP contribution in [0.15, 0.2) is 36.0 Å². The van der Waals surface area contributed by atoms with Crippen LogP contribution in [0.5, 0.6) is 0 Å². The Hall–Kier alpha value is -2.58. The lowest BCUT2D eigenvalue weighted by Crippen LogP contribution is -2.52. The first-order chi connectivity index (χ1) is 14.4. The minimum atomic E-state index is -0.699. The number of hydrogen-bond acceptors (Lipinski definition) is 6. The van der Waals surface area contributed by atoms with Crippen LogP contribution in [-0.4, -0.2) is 58.8 Å². The topological polar surface area (TPSA) is 88.6 Å². The summed E-state index contributed by atoms with van der Waals surface area (Å²) in [6.45, 7) is 4.53. The van der Waals surface area contributed by atoms with Crippen LogP contribution >= 0.6 is 11.3 Å². The average Bonchev–Trinajstić information content (AvgIpc) is 3.46. The predicted octanol–water partition coefficient (Wildman–Crippen LogP) is 2.52. The SMILES string of the molecule is CC(C)C[C@H](NC(=O)c1cncc(-c2cccs2)c1)C(=O)N1CCC2OCC(=O)C21. The zero-order valence-corrected chi connectivity index (χ0v) is 17.9. The van der Waals surface area contributed by atoms with Gasteiger partial charge in [0.1, 0.15) is 18.7 Å². The van der Waals surface area contributed by atoms with Gasteiger partial charge in [-0.15, -0.1) is 11.3 Å². The van der Waals surface area contributed by atoms with Crippen molar-refractivity contribution < 1.29 is 19.1 Å². The van der Waals surface area contributed by atoms with Crippen LogP contribution < -0.4 is 5.32 Å². The second kappa shape index (κ2) is 8.65. The fraction of sp³-hybridized carbons (Fsp3) is 0.455. The van der Waals surface area contributed by atoms with Crippen molar-refractivity contribution in [1.29, 1.82) is 0 Å². The van der Waals surface area contributed by atoms with E-state index in [4.69, 9.17) is 4.74 Å². The van der Waals surface area contributed by atoms with E-state index in [-0.39, 0.29) is 36.2 Å². The maximum atomic E-state index is 13.3. The Kier molecular flexibility index (Phi) is 5.97. The fourth-order valence-electron chi connectivity index (χ4n) is 4.12. The number of carbonyl (C=O) groups excluding carboxylic acids is 3. The van der Waals surface area contributed by atoms with Gasteiger partial charge < -0.3 is 15.0 Å². The number of nitrogens with zero attached hydrogens (tertiary/aromatic N) is 2. The summed E-state index contributed by atoms with van der Waals surface area (Å²) in [5.74, 6) is -0.424. The highest BCUT2D eigenvalue weighted by Crippen LogP contribution is 2.28. The zero-order valence-electron chi connectivity index (χ0n) is 17.0. The molecule has 2 aromatic rings. The number of hydrogen-bond donors (Lipinski definition) is 1. The molecule has 0 bridgehead atoms. The van der Waals surface area contributed by atoms with Crippen molar-refractivity contribution >= 4 is 28.9 Å². The number of Topliss-reactive ketones (excluding diaryl/α,β-unsaturated/α-hetero) is 1. The second-order valence-corrected chi connectivity index (χ2v) is 9.12. The Bertz CT molecular complexity index is 944. The molecule has 1 N–H and O–H groups in total. The number of rotatable bonds is 6. The first-order valence-corrected chi connectivity index (χ1v) is 11.1. The van der Waals surface area contributed by atoms with Crippen LogP contribution in [0, 0.1) is 5.92 Å². The zero-order chi connectivity index (χ0) is 21.3. The van der Waals surface area contributed by atoms with E-state index < -0.39 is 12.1 Å². The van der Waals surface area contributed by atoms with Gasteiger partial charge in [0.05, 0.1) is 11.7 Å². The smallest absolute Gasteiger partial charge is 0.253 e. The summed E-state index contributed by atoms with van der Waals surface area (Å²) in [5, 5.41) is 4.86. The minimum Gasteiger partial charge on any atom is -0.368 e. The number of fused-ring (bicyclic) bond motifs is 1. The molecule has 2 aromatic heterocycles. The molecule has 2 unspecified atom stereocenters. The van der Waals surface area contributed by atoms with Crippen LogP contribution in [0.25, 0.3) is 10.4 Å². The molecule has 0 aliphatic carbocycles. The molecule has 8 heteroatoms. The van der Waals surface area contributed by atoms with Crippen molar-refractivity contribution in [1.82, 2.24) is 15.2 Å². The number of ketones is 1. The van der Waals surface area contributed by atoms with Gasteiger partial charge in [-0.3, -0.25) is 19.4 Å². The highest BCUT2D eigenvalue weighted by Gasteiger charge is 2.48. The van der Waals surface area contributed by atoms with E-state index in [9.17, 15) is 14.4 Å². The lowest BCUT2D eigenvalue weighted by atomic mass is 10.0. The molecular weight excluding hydrogens is 402 g/mol. The Balaban J connectivity index is 1.52. The normalized spacial score (nSPS) is 21.7. The van der Waals surface area contributed by atoms with Gasteiger partial charge in [-0.05, 0) is 36.3 Å². The van der Waals surface area contributed by atoms with Gasteiger partial charge in [0.2, 0.25) is 5.91 Å². The van der Waals surface area contributed by atoms with E-state index in [1.165, 1.54) is 6.20 Å². The Morgan fingerprint density at radius 3 is 2.93 bits per heavy atom. The Morgan fingerprint density at radius 1 is 1.37 bits per heavy atom. The maximum Gasteiger partial charge on any atom is 0.253 e. The van der Waals surface area contributed by atoms with Crippen molar-refractivity contribution in [2.75, 3.05) is 13.2 Å². The molecule has 4 heterocycles. The van der Waals surface area contributed by atoms with E-state index in [1.54, 1.807) is 28.5 Å². The molecule has 0 aromatic carbocycles. The van der Waals surface area contributed by atoms with E-state index in [1.807, 2.05) is 31.4 Å². The number of ether oxygens (including phenoxy) is 1. The first kappa shape index (κ1) is 20.7. The van der Waals surface area contributed by atoms with E-state index in [2.05, 4.69) is 10.3 Å². The molecule has 0 saturated carbocycles. The highest BCUT2D eigenvalue weighted by molar-refractivity contribution is 7.13. The van der Waals surface area contributed by atoms with Crippen LogP contribution in [0.1, 0.15) is 37.0 Å². The lowest BCUT2D eigenvalue weighted by molar-refractivity contribution is -0.138. The summed E-state index contributed by atoms with van der Waals surface area (Å²) in [5.41, 5.74) is 1.27. The molecule has 3 atom stereocenters. The summed E-state index contributed by atoms with van der Waals surface area (Å²) >= 11 is 1.57. The summed E-state index contributed by atoms with van der Waals surface area (Å²) in [4.78, 5) is 45.2. The molecule has 2 saturated heterocycles. The number of pyridine rings is 1. The van der Waals surface area contributed by atoms with E-state index in [0.717, 1.165) is 10.4 Å². The summed E-state index contributed by atoms with van der Waals surface area (Å²) in [7, 11) is 0. The van der Waals surface area contributed by atoms with Crippen molar-refractivity contribution in [2.24, 2.45) is 5.92 Å². The standard InChI is InChI=1S/C22H25N3O4S/c1-13(2)8-16(22(28)25-6-5-18-20(25)17(26)12-29-18)24-21(27)15-9-14(10-23-11-15)19-4-3-7-30-19/h3-4,7,9-11,13,16,18,20H,5-6,8,12H2,1-2H3,(H,24,27)/t16-,18?,20?/m0/s1. The number of carbonyl (C=O) groups is 3. The molecule has 0 spiro atoms. The molecule has 30 heavy (non-hydrogen) atoms. The monoisotopic (exact) mass is 427 g/mol.